The van der Waals surface area contributed by atoms with Gasteiger partial charge in [0.1, 0.15) is 5.76 Å². The summed E-state index contributed by atoms with van der Waals surface area (Å²) in [6, 6.07) is 12.3. The Morgan fingerprint density at radius 3 is 2.48 bits per heavy atom. The zero-order valence-electron chi connectivity index (χ0n) is 13.2. The minimum atomic E-state index is 0.817. The molecule has 0 bridgehead atoms. The van der Waals surface area contributed by atoms with Crippen LogP contribution in [0.4, 0.5) is 5.95 Å². The van der Waals surface area contributed by atoms with Gasteiger partial charge in [0.2, 0.25) is 5.95 Å². The van der Waals surface area contributed by atoms with Crippen LogP contribution in [0.15, 0.2) is 53.3 Å². The fourth-order valence-electron chi connectivity index (χ4n) is 3.11. The van der Waals surface area contributed by atoms with E-state index in [1.807, 2.05) is 37.4 Å². The van der Waals surface area contributed by atoms with Crippen LogP contribution in [-0.4, -0.2) is 23.1 Å². The highest BCUT2D eigenvalue weighted by molar-refractivity contribution is 5.81. The quantitative estimate of drug-likeness (QED) is 0.723. The molecule has 0 amide bonds. The van der Waals surface area contributed by atoms with E-state index in [-0.39, 0.29) is 0 Å². The lowest BCUT2D eigenvalue weighted by Crippen LogP contribution is -2.20. The Kier molecular flexibility index (Phi) is 3.58. The lowest BCUT2D eigenvalue weighted by atomic mass is 10.0. The van der Waals surface area contributed by atoms with Gasteiger partial charge >= 0.3 is 0 Å². The van der Waals surface area contributed by atoms with Crippen molar-refractivity contribution >= 4 is 5.95 Å². The van der Waals surface area contributed by atoms with E-state index in [1.54, 1.807) is 6.26 Å². The molecule has 0 saturated carbocycles. The minimum absolute atomic E-state index is 0.817. The normalized spacial score (nSPS) is 14.4. The SMILES string of the molecule is Cc1occc1-c1nc(N2CCCC2)ncc1-c1ccccc1. The van der Waals surface area contributed by atoms with Crippen molar-refractivity contribution in [2.45, 2.75) is 19.8 Å². The van der Waals surface area contributed by atoms with Crippen LogP contribution in [0.3, 0.4) is 0 Å². The van der Waals surface area contributed by atoms with E-state index in [0.717, 1.165) is 47.2 Å². The number of benzene rings is 1. The first-order chi connectivity index (χ1) is 11.3. The number of furan rings is 1. The van der Waals surface area contributed by atoms with Crippen molar-refractivity contribution in [3.05, 3.63) is 54.6 Å². The molecule has 4 nitrogen and oxygen atoms in total. The van der Waals surface area contributed by atoms with Gasteiger partial charge in [-0.15, -0.1) is 0 Å². The summed E-state index contributed by atoms with van der Waals surface area (Å²) in [6.07, 6.45) is 6.09. The first-order valence-corrected chi connectivity index (χ1v) is 8.05. The predicted molar refractivity (Wildman–Crippen MR) is 91.4 cm³/mol. The molecule has 3 heterocycles. The molecule has 0 unspecified atom stereocenters. The van der Waals surface area contributed by atoms with Crippen LogP contribution in [-0.2, 0) is 0 Å². The average molecular weight is 305 g/mol. The Bertz CT molecular complexity index is 804. The molecule has 3 aromatic rings. The van der Waals surface area contributed by atoms with Crippen LogP contribution in [0.25, 0.3) is 22.4 Å². The summed E-state index contributed by atoms with van der Waals surface area (Å²) in [7, 11) is 0. The van der Waals surface area contributed by atoms with E-state index in [2.05, 4.69) is 22.0 Å². The molecule has 23 heavy (non-hydrogen) atoms. The highest BCUT2D eigenvalue weighted by Crippen LogP contribution is 2.33. The Morgan fingerprint density at radius 2 is 1.78 bits per heavy atom. The molecule has 4 rings (SSSR count). The average Bonchev–Trinajstić information content (AvgIpc) is 3.27. The third-order valence-corrected chi connectivity index (χ3v) is 4.36. The van der Waals surface area contributed by atoms with E-state index in [4.69, 9.17) is 9.40 Å². The van der Waals surface area contributed by atoms with Crippen LogP contribution in [0.1, 0.15) is 18.6 Å². The van der Waals surface area contributed by atoms with Crippen molar-refractivity contribution < 1.29 is 4.42 Å². The zero-order valence-corrected chi connectivity index (χ0v) is 13.2. The summed E-state index contributed by atoms with van der Waals surface area (Å²) in [4.78, 5) is 11.8. The molecular formula is C19H19N3O. The standard InChI is InChI=1S/C19H19N3O/c1-14-16(9-12-23-14)18-17(15-7-3-2-4-8-15)13-20-19(21-18)22-10-5-6-11-22/h2-4,7-9,12-13H,5-6,10-11H2,1H3. The van der Waals surface area contributed by atoms with Crippen LogP contribution in [0.2, 0.25) is 0 Å². The highest BCUT2D eigenvalue weighted by Gasteiger charge is 2.19. The second-order valence-corrected chi connectivity index (χ2v) is 5.88. The smallest absolute Gasteiger partial charge is 0.225 e. The molecule has 0 spiro atoms. The maximum Gasteiger partial charge on any atom is 0.225 e. The second-order valence-electron chi connectivity index (χ2n) is 5.88. The summed E-state index contributed by atoms with van der Waals surface area (Å²) in [5, 5.41) is 0. The molecule has 0 radical (unpaired) electrons. The number of anilines is 1. The van der Waals surface area contributed by atoms with Crippen molar-refractivity contribution in [1.82, 2.24) is 9.97 Å². The van der Waals surface area contributed by atoms with Crippen molar-refractivity contribution in [2.75, 3.05) is 18.0 Å². The van der Waals surface area contributed by atoms with Gasteiger partial charge in [0.15, 0.2) is 0 Å². The summed E-state index contributed by atoms with van der Waals surface area (Å²) in [5.41, 5.74) is 4.14. The third-order valence-electron chi connectivity index (χ3n) is 4.36. The molecule has 0 atom stereocenters. The molecule has 2 aromatic heterocycles. The van der Waals surface area contributed by atoms with Gasteiger partial charge in [-0.1, -0.05) is 30.3 Å². The van der Waals surface area contributed by atoms with Crippen LogP contribution < -0.4 is 4.90 Å². The van der Waals surface area contributed by atoms with Gasteiger partial charge < -0.3 is 9.32 Å². The van der Waals surface area contributed by atoms with Crippen LogP contribution in [0, 0.1) is 6.92 Å². The summed E-state index contributed by atoms with van der Waals surface area (Å²) in [5.74, 6) is 1.70. The molecule has 0 aliphatic carbocycles. The second kappa shape index (κ2) is 5.88. The van der Waals surface area contributed by atoms with E-state index in [0.29, 0.717) is 0 Å². The molecule has 1 fully saturated rings. The molecule has 1 saturated heterocycles. The van der Waals surface area contributed by atoms with E-state index in [9.17, 15) is 0 Å². The summed E-state index contributed by atoms with van der Waals surface area (Å²) in [6.45, 7) is 4.05. The minimum Gasteiger partial charge on any atom is -0.469 e. The Morgan fingerprint density at radius 1 is 1.00 bits per heavy atom. The van der Waals surface area contributed by atoms with Gasteiger partial charge in [0.25, 0.3) is 0 Å². The predicted octanol–water partition coefficient (Wildman–Crippen LogP) is 4.31. The number of aryl methyl sites for hydroxylation is 1. The molecule has 1 aliphatic heterocycles. The van der Waals surface area contributed by atoms with Crippen molar-refractivity contribution in [3.8, 4) is 22.4 Å². The van der Waals surface area contributed by atoms with Crippen LogP contribution >= 0.6 is 0 Å². The molecule has 116 valence electrons. The maximum atomic E-state index is 5.50. The molecule has 1 aromatic carbocycles. The number of nitrogens with zero attached hydrogens (tertiary/aromatic N) is 3. The largest absolute Gasteiger partial charge is 0.469 e. The van der Waals surface area contributed by atoms with Crippen molar-refractivity contribution in [1.29, 1.82) is 0 Å². The zero-order chi connectivity index (χ0) is 15.6. The van der Waals surface area contributed by atoms with Gasteiger partial charge in [-0.3, -0.25) is 0 Å². The van der Waals surface area contributed by atoms with Gasteiger partial charge in [-0.2, -0.15) is 0 Å². The first kappa shape index (κ1) is 14.0. The third kappa shape index (κ3) is 2.61. The molecular weight excluding hydrogens is 286 g/mol. The fraction of sp³-hybridized carbons (Fsp3) is 0.263. The van der Waals surface area contributed by atoms with Gasteiger partial charge in [-0.25, -0.2) is 9.97 Å². The maximum absolute atomic E-state index is 5.50. The fourth-order valence-corrected chi connectivity index (χ4v) is 3.11. The van der Waals surface area contributed by atoms with E-state index < -0.39 is 0 Å². The van der Waals surface area contributed by atoms with Gasteiger partial charge in [0, 0.05) is 30.4 Å². The number of hydrogen-bond donors (Lipinski definition) is 0. The lowest BCUT2D eigenvalue weighted by Gasteiger charge is -2.17. The van der Waals surface area contributed by atoms with Crippen molar-refractivity contribution in [3.63, 3.8) is 0 Å². The number of hydrogen-bond acceptors (Lipinski definition) is 4. The molecule has 0 N–H and O–H groups in total. The number of rotatable bonds is 3. The number of aromatic nitrogens is 2. The van der Waals surface area contributed by atoms with Gasteiger partial charge in [-0.05, 0) is 31.4 Å². The Balaban J connectivity index is 1.87. The molecule has 1 aliphatic rings. The van der Waals surface area contributed by atoms with E-state index >= 15 is 0 Å². The first-order valence-electron chi connectivity index (χ1n) is 8.05. The van der Waals surface area contributed by atoms with Crippen LogP contribution in [0.5, 0.6) is 0 Å². The summed E-state index contributed by atoms with van der Waals surface area (Å²) < 4.78 is 5.50. The van der Waals surface area contributed by atoms with E-state index in [1.165, 1.54) is 12.8 Å². The summed E-state index contributed by atoms with van der Waals surface area (Å²) >= 11 is 0. The Hall–Kier alpha value is -2.62. The monoisotopic (exact) mass is 305 g/mol. The van der Waals surface area contributed by atoms with Crippen molar-refractivity contribution in [2.24, 2.45) is 0 Å². The lowest BCUT2D eigenvalue weighted by molar-refractivity contribution is 0.535. The highest BCUT2D eigenvalue weighted by atomic mass is 16.3. The Labute approximate surface area is 135 Å². The molecule has 4 heteroatoms. The van der Waals surface area contributed by atoms with Gasteiger partial charge in [0.05, 0.1) is 12.0 Å². The topological polar surface area (TPSA) is 42.2 Å².